The van der Waals surface area contributed by atoms with E-state index in [2.05, 4.69) is 10.3 Å². The van der Waals surface area contributed by atoms with Gasteiger partial charge in [0.05, 0.1) is 16.1 Å². The number of carboxylic acids is 1. The largest absolute Gasteiger partial charge is 0.479 e. The molecule has 0 spiro atoms. The first-order valence-corrected chi connectivity index (χ1v) is 6.42. The van der Waals surface area contributed by atoms with Crippen LogP contribution in [-0.4, -0.2) is 16.1 Å². The fourth-order valence-electron chi connectivity index (χ4n) is 1.72. The minimum Gasteiger partial charge on any atom is -0.479 e. The lowest BCUT2D eigenvalue weighted by Gasteiger charge is -2.16. The van der Waals surface area contributed by atoms with Crippen LogP contribution >= 0.6 is 11.3 Å². The van der Waals surface area contributed by atoms with Crippen molar-refractivity contribution in [2.45, 2.75) is 19.9 Å². The summed E-state index contributed by atoms with van der Waals surface area (Å²) in [6, 6.07) is 6.88. The number of rotatable bonds is 4. The Morgan fingerprint density at radius 1 is 1.39 bits per heavy atom. The molecule has 0 aliphatic carbocycles. The number of thiazole rings is 1. The first-order valence-electron chi connectivity index (χ1n) is 5.54. The van der Waals surface area contributed by atoms with Crippen LogP contribution in [0.2, 0.25) is 0 Å². The Bertz CT molecular complexity index is 566. The molecule has 1 aromatic heterocycles. The molecule has 1 atom stereocenters. The van der Waals surface area contributed by atoms with Gasteiger partial charge in [0.25, 0.3) is 0 Å². The first-order chi connectivity index (χ1) is 8.59. The molecule has 0 fully saturated rings. The van der Waals surface area contributed by atoms with E-state index in [1.54, 1.807) is 5.51 Å². The molecule has 94 valence electrons. The molecule has 0 bridgehead atoms. The van der Waals surface area contributed by atoms with Crippen molar-refractivity contribution < 1.29 is 9.90 Å². The molecular formula is C13H14N2O2S. The molecule has 1 heterocycles. The van der Waals surface area contributed by atoms with Crippen molar-refractivity contribution in [2.24, 2.45) is 0 Å². The third-order valence-corrected chi connectivity index (χ3v) is 3.73. The minimum absolute atomic E-state index is 0.741. The Kier molecular flexibility index (Phi) is 3.62. The second-order valence-electron chi connectivity index (χ2n) is 4.03. The van der Waals surface area contributed by atoms with Crippen LogP contribution in [0.1, 0.15) is 22.2 Å². The van der Waals surface area contributed by atoms with Crippen molar-refractivity contribution in [3.8, 4) is 0 Å². The van der Waals surface area contributed by atoms with Crippen LogP contribution in [0.5, 0.6) is 0 Å². The predicted octanol–water partition coefficient (Wildman–Crippen LogP) is 3.00. The number of benzene rings is 1. The fraction of sp³-hybridized carbons (Fsp3) is 0.231. The van der Waals surface area contributed by atoms with Gasteiger partial charge in [-0.2, -0.15) is 0 Å². The number of para-hydroxylation sites is 1. The second-order valence-corrected chi connectivity index (χ2v) is 4.92. The zero-order valence-corrected chi connectivity index (χ0v) is 11.0. The maximum atomic E-state index is 11.4. The summed E-state index contributed by atoms with van der Waals surface area (Å²) in [4.78, 5) is 16.2. The maximum absolute atomic E-state index is 11.4. The van der Waals surface area contributed by atoms with Gasteiger partial charge < -0.3 is 10.4 Å². The van der Waals surface area contributed by atoms with Gasteiger partial charge >= 0.3 is 5.97 Å². The van der Waals surface area contributed by atoms with E-state index >= 15 is 0 Å². The monoisotopic (exact) mass is 262 g/mol. The van der Waals surface area contributed by atoms with E-state index in [9.17, 15) is 9.90 Å². The lowest BCUT2D eigenvalue weighted by atomic mass is 10.1. The molecule has 0 saturated carbocycles. The number of hydrogen-bond acceptors (Lipinski definition) is 4. The van der Waals surface area contributed by atoms with E-state index in [4.69, 9.17) is 0 Å². The van der Waals surface area contributed by atoms with Crippen molar-refractivity contribution in [1.29, 1.82) is 0 Å². The van der Waals surface area contributed by atoms with E-state index in [1.807, 2.05) is 38.1 Å². The lowest BCUT2D eigenvalue weighted by molar-refractivity contribution is -0.138. The van der Waals surface area contributed by atoms with E-state index in [0.29, 0.717) is 0 Å². The van der Waals surface area contributed by atoms with Crippen molar-refractivity contribution in [2.75, 3.05) is 5.32 Å². The van der Waals surface area contributed by atoms with Crippen LogP contribution in [0.15, 0.2) is 29.8 Å². The van der Waals surface area contributed by atoms with Crippen LogP contribution < -0.4 is 5.32 Å². The third-order valence-electron chi connectivity index (χ3n) is 2.74. The van der Waals surface area contributed by atoms with Gasteiger partial charge in [0.15, 0.2) is 6.04 Å². The third kappa shape index (κ3) is 2.51. The SMILES string of the molecule is Cc1ccccc1NC(C(=O)O)c1scnc1C. The van der Waals surface area contributed by atoms with Crippen LogP contribution in [-0.2, 0) is 4.79 Å². The maximum Gasteiger partial charge on any atom is 0.331 e. The van der Waals surface area contributed by atoms with Gasteiger partial charge in [-0.25, -0.2) is 9.78 Å². The number of aromatic nitrogens is 1. The summed E-state index contributed by atoms with van der Waals surface area (Å²) in [7, 11) is 0. The van der Waals surface area contributed by atoms with Gasteiger partial charge in [-0.15, -0.1) is 11.3 Å². The molecule has 2 N–H and O–H groups in total. The van der Waals surface area contributed by atoms with Crippen LogP contribution in [0.25, 0.3) is 0 Å². The Morgan fingerprint density at radius 2 is 2.11 bits per heavy atom. The van der Waals surface area contributed by atoms with Crippen molar-refractivity contribution >= 4 is 23.0 Å². The summed E-state index contributed by atoms with van der Waals surface area (Å²) in [6.07, 6.45) is 0. The summed E-state index contributed by atoms with van der Waals surface area (Å²) in [5.74, 6) is -0.898. The number of nitrogens with zero attached hydrogens (tertiary/aromatic N) is 1. The zero-order chi connectivity index (χ0) is 13.1. The Hall–Kier alpha value is -1.88. The highest BCUT2D eigenvalue weighted by Gasteiger charge is 2.23. The molecule has 0 amide bonds. The van der Waals surface area contributed by atoms with E-state index < -0.39 is 12.0 Å². The van der Waals surface area contributed by atoms with Crippen LogP contribution in [0.3, 0.4) is 0 Å². The van der Waals surface area contributed by atoms with Crippen LogP contribution in [0.4, 0.5) is 5.69 Å². The highest BCUT2D eigenvalue weighted by atomic mass is 32.1. The average molecular weight is 262 g/mol. The lowest BCUT2D eigenvalue weighted by Crippen LogP contribution is -2.20. The van der Waals surface area contributed by atoms with Gasteiger partial charge in [0.2, 0.25) is 0 Å². The molecule has 0 saturated heterocycles. The summed E-state index contributed by atoms with van der Waals surface area (Å²) in [6.45, 7) is 3.77. The number of aryl methyl sites for hydroxylation is 2. The number of hydrogen-bond donors (Lipinski definition) is 2. The Balaban J connectivity index is 2.31. The number of anilines is 1. The smallest absolute Gasteiger partial charge is 0.331 e. The summed E-state index contributed by atoms with van der Waals surface area (Å²) in [5, 5.41) is 12.4. The van der Waals surface area contributed by atoms with Crippen molar-refractivity contribution in [1.82, 2.24) is 4.98 Å². The number of aliphatic carboxylic acids is 1. The molecule has 0 aliphatic rings. The number of carbonyl (C=O) groups is 1. The molecule has 2 aromatic rings. The van der Waals surface area contributed by atoms with Gasteiger partial charge in [-0.05, 0) is 25.5 Å². The highest BCUT2D eigenvalue weighted by molar-refractivity contribution is 7.10. The average Bonchev–Trinajstić information content (AvgIpc) is 2.74. The van der Waals surface area contributed by atoms with E-state index in [-0.39, 0.29) is 0 Å². The standard InChI is InChI=1S/C13H14N2O2S/c1-8-5-3-4-6-10(8)15-11(13(16)17)12-9(2)14-7-18-12/h3-7,11,15H,1-2H3,(H,16,17). The number of nitrogens with one attached hydrogen (secondary N) is 1. The van der Waals surface area contributed by atoms with Crippen molar-refractivity contribution in [3.05, 3.63) is 45.9 Å². The van der Waals surface area contributed by atoms with Gasteiger partial charge in [0, 0.05) is 5.69 Å². The molecule has 1 unspecified atom stereocenters. The number of carboxylic acid groups (broad SMARTS) is 1. The summed E-state index contributed by atoms with van der Waals surface area (Å²) >= 11 is 1.36. The molecule has 4 nitrogen and oxygen atoms in total. The first kappa shape index (κ1) is 12.6. The van der Waals surface area contributed by atoms with Crippen LogP contribution in [0, 0.1) is 13.8 Å². The van der Waals surface area contributed by atoms with Gasteiger partial charge in [0.1, 0.15) is 0 Å². The second kappa shape index (κ2) is 5.18. The molecule has 0 aliphatic heterocycles. The molecule has 5 heteroatoms. The van der Waals surface area contributed by atoms with Gasteiger partial charge in [-0.1, -0.05) is 18.2 Å². The zero-order valence-electron chi connectivity index (χ0n) is 10.2. The molecule has 0 radical (unpaired) electrons. The minimum atomic E-state index is -0.898. The Morgan fingerprint density at radius 3 is 2.67 bits per heavy atom. The summed E-state index contributed by atoms with van der Waals surface area (Å²) < 4.78 is 0. The normalized spacial score (nSPS) is 12.1. The molecule has 18 heavy (non-hydrogen) atoms. The van der Waals surface area contributed by atoms with Gasteiger partial charge in [-0.3, -0.25) is 0 Å². The molecule has 1 aromatic carbocycles. The quantitative estimate of drug-likeness (QED) is 0.889. The summed E-state index contributed by atoms with van der Waals surface area (Å²) in [5.41, 5.74) is 4.28. The highest BCUT2D eigenvalue weighted by Crippen LogP contribution is 2.27. The van der Waals surface area contributed by atoms with E-state index in [1.165, 1.54) is 11.3 Å². The molecular weight excluding hydrogens is 248 g/mol. The topological polar surface area (TPSA) is 62.2 Å². The predicted molar refractivity (Wildman–Crippen MR) is 72.0 cm³/mol. The fourth-order valence-corrected chi connectivity index (χ4v) is 2.56. The Labute approximate surface area is 109 Å². The van der Waals surface area contributed by atoms with Crippen molar-refractivity contribution in [3.63, 3.8) is 0 Å². The molecule has 2 rings (SSSR count). The van der Waals surface area contributed by atoms with E-state index in [0.717, 1.165) is 21.8 Å².